The number of likely N-dealkylation sites (tertiary alicyclic amines) is 1. The van der Waals surface area contributed by atoms with Crippen LogP contribution in [0.15, 0.2) is 24.3 Å². The smallest absolute Gasteiger partial charge is 0.137 e. The molecular weight excluding hydrogens is 212 g/mol. The molecule has 1 aliphatic heterocycles. The predicted molar refractivity (Wildman–Crippen MR) is 70.4 cm³/mol. The van der Waals surface area contributed by atoms with Crippen LogP contribution < -0.4 is 15.4 Å². The summed E-state index contributed by atoms with van der Waals surface area (Å²) in [5, 5.41) is 0. The van der Waals surface area contributed by atoms with Crippen molar-refractivity contribution in [3.8, 4) is 5.75 Å². The molecule has 0 radical (unpaired) electrons. The summed E-state index contributed by atoms with van der Waals surface area (Å²) in [7, 11) is 0. The minimum Gasteiger partial charge on any atom is -0.488 e. The van der Waals surface area contributed by atoms with E-state index in [0.29, 0.717) is 0 Å². The van der Waals surface area contributed by atoms with E-state index in [0.717, 1.165) is 24.6 Å². The summed E-state index contributed by atoms with van der Waals surface area (Å²) in [6.45, 7) is 4.54. The Balaban J connectivity index is 1.69. The number of nitrogens with one attached hydrogen (secondary N) is 1. The molecule has 2 rings (SSSR count). The second-order valence-corrected chi connectivity index (χ2v) is 4.83. The molecule has 17 heavy (non-hydrogen) atoms. The monoisotopic (exact) mass is 235 g/mol. The van der Waals surface area contributed by atoms with Gasteiger partial charge >= 0.3 is 0 Å². The minimum absolute atomic E-state index is 0.787. The van der Waals surface area contributed by atoms with E-state index in [4.69, 9.17) is 10.5 Å². The van der Waals surface area contributed by atoms with Gasteiger partial charge in [-0.2, -0.15) is 0 Å². The Kier molecular flexibility index (Phi) is 4.68. The molecule has 3 heteroatoms. The van der Waals surface area contributed by atoms with Gasteiger partial charge in [-0.05, 0) is 49.9 Å². The summed E-state index contributed by atoms with van der Waals surface area (Å²) in [6.07, 6.45) is 5.55. The second-order valence-electron chi connectivity index (χ2n) is 4.83. The Morgan fingerprint density at radius 1 is 1.00 bits per heavy atom. The van der Waals surface area contributed by atoms with Gasteiger partial charge in [0.05, 0.1) is 13.1 Å². The lowest BCUT2D eigenvalue weighted by Crippen LogP contribution is -3.12. The Morgan fingerprint density at radius 3 is 2.29 bits per heavy atom. The van der Waals surface area contributed by atoms with Crippen LogP contribution in [0.2, 0.25) is 0 Å². The van der Waals surface area contributed by atoms with Gasteiger partial charge in [0.2, 0.25) is 0 Å². The fourth-order valence-corrected chi connectivity index (χ4v) is 2.36. The topological polar surface area (TPSA) is 39.7 Å². The van der Waals surface area contributed by atoms with Gasteiger partial charge in [0.25, 0.3) is 0 Å². The van der Waals surface area contributed by atoms with Crippen LogP contribution >= 0.6 is 0 Å². The van der Waals surface area contributed by atoms with E-state index in [1.165, 1.54) is 38.8 Å². The van der Waals surface area contributed by atoms with E-state index in [-0.39, 0.29) is 0 Å². The third-order valence-corrected chi connectivity index (χ3v) is 3.42. The van der Waals surface area contributed by atoms with Crippen molar-refractivity contribution >= 4 is 5.69 Å². The molecule has 94 valence electrons. The molecule has 3 nitrogen and oxygen atoms in total. The fourth-order valence-electron chi connectivity index (χ4n) is 2.36. The summed E-state index contributed by atoms with van der Waals surface area (Å²) in [5.41, 5.74) is 6.42. The summed E-state index contributed by atoms with van der Waals surface area (Å²) in [5.74, 6) is 0.924. The molecule has 0 unspecified atom stereocenters. The number of nitrogen functional groups attached to an aromatic ring is 1. The standard InChI is InChI=1S/C14H22N2O/c15-13-5-7-14(8-6-13)17-12-11-16-9-3-1-2-4-10-16/h5-8H,1-4,9-12,15H2/p+1. The van der Waals surface area contributed by atoms with Crippen molar-refractivity contribution in [1.29, 1.82) is 0 Å². The van der Waals surface area contributed by atoms with E-state index in [1.54, 1.807) is 4.90 Å². The van der Waals surface area contributed by atoms with Gasteiger partial charge in [0, 0.05) is 5.69 Å². The Labute approximate surface area is 104 Å². The normalized spacial score (nSPS) is 17.6. The molecule has 3 N–H and O–H groups in total. The molecule has 0 aliphatic carbocycles. The first-order chi connectivity index (χ1) is 8.34. The van der Waals surface area contributed by atoms with Crippen molar-refractivity contribution < 1.29 is 9.64 Å². The van der Waals surface area contributed by atoms with Crippen LogP contribution in [0.5, 0.6) is 5.75 Å². The zero-order valence-electron chi connectivity index (χ0n) is 10.5. The van der Waals surface area contributed by atoms with Crippen molar-refractivity contribution in [1.82, 2.24) is 0 Å². The lowest BCUT2D eigenvalue weighted by molar-refractivity contribution is -0.899. The van der Waals surface area contributed by atoms with Gasteiger partial charge in [-0.25, -0.2) is 0 Å². The van der Waals surface area contributed by atoms with E-state index in [2.05, 4.69) is 0 Å². The van der Waals surface area contributed by atoms with Gasteiger partial charge < -0.3 is 15.4 Å². The maximum Gasteiger partial charge on any atom is 0.137 e. The number of ether oxygens (including phenoxy) is 1. The Hall–Kier alpha value is -1.22. The minimum atomic E-state index is 0.787. The van der Waals surface area contributed by atoms with Crippen molar-refractivity contribution in [2.75, 3.05) is 32.0 Å². The van der Waals surface area contributed by atoms with Crippen LogP contribution in [-0.4, -0.2) is 26.2 Å². The molecule has 1 aromatic rings. The number of hydrogen-bond donors (Lipinski definition) is 2. The number of anilines is 1. The molecular formula is C14H23N2O+. The molecule has 1 heterocycles. The molecule has 0 saturated carbocycles. The number of benzene rings is 1. The number of nitrogens with two attached hydrogens (primary N) is 1. The summed E-state index contributed by atoms with van der Waals surface area (Å²) < 4.78 is 5.73. The first kappa shape index (κ1) is 12.2. The zero-order valence-corrected chi connectivity index (χ0v) is 10.5. The van der Waals surface area contributed by atoms with Crippen LogP contribution in [0, 0.1) is 0 Å². The molecule has 0 spiro atoms. The number of rotatable bonds is 4. The van der Waals surface area contributed by atoms with Crippen LogP contribution in [0.25, 0.3) is 0 Å². The van der Waals surface area contributed by atoms with E-state index >= 15 is 0 Å². The number of hydrogen-bond acceptors (Lipinski definition) is 2. The fraction of sp³-hybridized carbons (Fsp3) is 0.571. The van der Waals surface area contributed by atoms with Crippen LogP contribution in [0.1, 0.15) is 25.7 Å². The van der Waals surface area contributed by atoms with Crippen molar-refractivity contribution in [2.24, 2.45) is 0 Å². The SMILES string of the molecule is Nc1ccc(OCC[NH+]2CCCCCC2)cc1. The average molecular weight is 235 g/mol. The van der Waals surface area contributed by atoms with E-state index in [1.807, 2.05) is 24.3 Å². The summed E-state index contributed by atoms with van der Waals surface area (Å²) in [6, 6.07) is 7.64. The van der Waals surface area contributed by atoms with Crippen LogP contribution in [-0.2, 0) is 0 Å². The molecule has 0 atom stereocenters. The highest BCUT2D eigenvalue weighted by molar-refractivity contribution is 5.41. The highest BCUT2D eigenvalue weighted by Crippen LogP contribution is 2.12. The van der Waals surface area contributed by atoms with Gasteiger partial charge in [-0.3, -0.25) is 0 Å². The molecule has 0 bridgehead atoms. The Bertz CT molecular complexity index is 315. The lowest BCUT2D eigenvalue weighted by atomic mass is 10.2. The highest BCUT2D eigenvalue weighted by atomic mass is 16.5. The number of quaternary nitrogens is 1. The third-order valence-electron chi connectivity index (χ3n) is 3.42. The van der Waals surface area contributed by atoms with Gasteiger partial charge in [0.15, 0.2) is 0 Å². The maximum absolute atomic E-state index is 5.73. The highest BCUT2D eigenvalue weighted by Gasteiger charge is 2.11. The van der Waals surface area contributed by atoms with E-state index in [9.17, 15) is 0 Å². The largest absolute Gasteiger partial charge is 0.488 e. The molecule has 1 aliphatic rings. The molecule has 1 fully saturated rings. The van der Waals surface area contributed by atoms with Gasteiger partial charge in [0.1, 0.15) is 18.9 Å². The predicted octanol–water partition coefficient (Wildman–Crippen LogP) is 1.11. The van der Waals surface area contributed by atoms with Crippen LogP contribution in [0.4, 0.5) is 5.69 Å². The summed E-state index contributed by atoms with van der Waals surface area (Å²) in [4.78, 5) is 1.69. The molecule has 1 saturated heterocycles. The maximum atomic E-state index is 5.73. The van der Waals surface area contributed by atoms with Crippen molar-refractivity contribution in [2.45, 2.75) is 25.7 Å². The third kappa shape index (κ3) is 4.27. The van der Waals surface area contributed by atoms with Crippen molar-refractivity contribution in [3.05, 3.63) is 24.3 Å². The molecule has 0 amide bonds. The Morgan fingerprint density at radius 2 is 1.65 bits per heavy atom. The summed E-state index contributed by atoms with van der Waals surface area (Å²) >= 11 is 0. The average Bonchev–Trinajstić information content (AvgIpc) is 2.60. The molecule has 0 aromatic heterocycles. The van der Waals surface area contributed by atoms with Gasteiger partial charge in [-0.1, -0.05) is 0 Å². The van der Waals surface area contributed by atoms with Gasteiger partial charge in [-0.15, -0.1) is 0 Å². The van der Waals surface area contributed by atoms with E-state index < -0.39 is 0 Å². The molecule has 1 aromatic carbocycles. The first-order valence-corrected chi connectivity index (χ1v) is 6.66. The lowest BCUT2D eigenvalue weighted by Gasteiger charge is -2.17. The quantitative estimate of drug-likeness (QED) is 0.767. The van der Waals surface area contributed by atoms with Crippen molar-refractivity contribution in [3.63, 3.8) is 0 Å². The second kappa shape index (κ2) is 6.50. The van der Waals surface area contributed by atoms with Crippen LogP contribution in [0.3, 0.4) is 0 Å². The zero-order chi connectivity index (χ0) is 11.9. The first-order valence-electron chi connectivity index (χ1n) is 6.66.